The molecule has 0 aromatic heterocycles. The van der Waals surface area contributed by atoms with Gasteiger partial charge in [-0.05, 0) is 61.9 Å². The van der Waals surface area contributed by atoms with Crippen molar-refractivity contribution in [1.82, 2.24) is 0 Å². The summed E-state index contributed by atoms with van der Waals surface area (Å²) in [5.41, 5.74) is 1.01. The molecule has 31 heavy (non-hydrogen) atoms. The van der Waals surface area contributed by atoms with E-state index < -0.39 is 17.8 Å². The summed E-state index contributed by atoms with van der Waals surface area (Å²) in [6.45, 7) is 3.70. The molecule has 1 heterocycles. The average molecular weight is 448 g/mol. The molecule has 0 fully saturated rings. The number of halogens is 2. The maximum absolute atomic E-state index is 13.1. The highest BCUT2D eigenvalue weighted by Gasteiger charge is 2.24. The van der Waals surface area contributed by atoms with E-state index in [-0.39, 0.29) is 35.6 Å². The van der Waals surface area contributed by atoms with Gasteiger partial charge in [0, 0.05) is 5.56 Å². The van der Waals surface area contributed by atoms with Crippen LogP contribution in [0.4, 0.5) is 4.39 Å². The third kappa shape index (κ3) is 5.61. The first kappa shape index (κ1) is 22.3. The lowest BCUT2D eigenvalue weighted by molar-refractivity contribution is -0.145. The first-order valence-corrected chi connectivity index (χ1v) is 9.82. The zero-order valence-corrected chi connectivity index (χ0v) is 17.6. The number of carbonyl (C=O) groups is 2. The van der Waals surface area contributed by atoms with Crippen molar-refractivity contribution >= 4 is 35.5 Å². The van der Waals surface area contributed by atoms with E-state index in [1.165, 1.54) is 36.4 Å². The summed E-state index contributed by atoms with van der Waals surface area (Å²) in [6.07, 6.45) is 1.47. The number of ether oxygens (including phenoxy) is 4. The maximum atomic E-state index is 13.1. The Morgan fingerprint density at radius 3 is 2.58 bits per heavy atom. The molecule has 0 N–H and O–H groups in total. The number of benzene rings is 2. The van der Waals surface area contributed by atoms with E-state index in [4.69, 9.17) is 30.5 Å². The highest BCUT2D eigenvalue weighted by molar-refractivity contribution is 6.32. The topological polar surface area (TPSA) is 83.4 Å². The first-order valence-electron chi connectivity index (χ1n) is 9.44. The summed E-state index contributed by atoms with van der Waals surface area (Å²) in [6, 6.07) is 8.55. The Bertz CT molecular complexity index is 1050. The number of nitrogens with zero attached hydrogens (tertiary/aromatic N) is 1. The second-order valence-electron chi connectivity index (χ2n) is 6.20. The van der Waals surface area contributed by atoms with Gasteiger partial charge in [0.15, 0.2) is 23.8 Å². The number of esters is 2. The van der Waals surface area contributed by atoms with Crippen molar-refractivity contribution < 1.29 is 32.9 Å². The van der Waals surface area contributed by atoms with Crippen LogP contribution in [-0.2, 0) is 19.1 Å². The summed E-state index contributed by atoms with van der Waals surface area (Å²) in [5, 5.41) is 0.177. The zero-order valence-electron chi connectivity index (χ0n) is 16.8. The highest BCUT2D eigenvalue weighted by Crippen LogP contribution is 2.37. The number of hydrogen-bond donors (Lipinski definition) is 0. The Labute approximate surface area is 183 Å². The third-order valence-corrected chi connectivity index (χ3v) is 4.27. The van der Waals surface area contributed by atoms with Crippen molar-refractivity contribution in [3.63, 3.8) is 0 Å². The molecular formula is C22H19ClFNO6. The molecule has 3 rings (SSSR count). The summed E-state index contributed by atoms with van der Waals surface area (Å²) in [7, 11) is 0. The van der Waals surface area contributed by atoms with Crippen LogP contribution in [0.2, 0.25) is 5.02 Å². The normalized spacial score (nSPS) is 14.3. The van der Waals surface area contributed by atoms with Gasteiger partial charge < -0.3 is 18.9 Å². The van der Waals surface area contributed by atoms with Crippen LogP contribution in [0.15, 0.2) is 47.1 Å². The highest BCUT2D eigenvalue weighted by atomic mass is 35.5. The van der Waals surface area contributed by atoms with Gasteiger partial charge in [-0.25, -0.2) is 19.0 Å². The van der Waals surface area contributed by atoms with E-state index in [2.05, 4.69) is 4.99 Å². The van der Waals surface area contributed by atoms with Crippen LogP contribution < -0.4 is 9.47 Å². The van der Waals surface area contributed by atoms with Crippen LogP contribution in [0, 0.1) is 5.82 Å². The van der Waals surface area contributed by atoms with Gasteiger partial charge in [0.2, 0.25) is 5.90 Å². The molecule has 1 aliphatic rings. The quantitative estimate of drug-likeness (QED) is 0.446. The zero-order chi connectivity index (χ0) is 22.4. The monoisotopic (exact) mass is 447 g/mol. The Kier molecular flexibility index (Phi) is 7.25. The van der Waals surface area contributed by atoms with Gasteiger partial charge in [-0.1, -0.05) is 11.6 Å². The van der Waals surface area contributed by atoms with E-state index in [1.807, 2.05) is 0 Å². The van der Waals surface area contributed by atoms with Crippen LogP contribution in [0.1, 0.15) is 25.0 Å². The molecule has 0 spiro atoms. The lowest BCUT2D eigenvalue weighted by atomic mass is 10.1. The smallest absolute Gasteiger partial charge is 0.363 e. The largest absolute Gasteiger partial charge is 0.490 e. The molecule has 2 aromatic carbocycles. The Morgan fingerprint density at radius 2 is 1.90 bits per heavy atom. The Hall–Kier alpha value is -3.39. The fourth-order valence-corrected chi connectivity index (χ4v) is 2.96. The molecule has 0 saturated carbocycles. The fourth-order valence-electron chi connectivity index (χ4n) is 2.69. The molecule has 162 valence electrons. The molecule has 1 aliphatic heterocycles. The summed E-state index contributed by atoms with van der Waals surface area (Å²) >= 11 is 6.32. The van der Waals surface area contributed by atoms with E-state index in [0.717, 1.165) is 0 Å². The average Bonchev–Trinajstić information content (AvgIpc) is 3.08. The van der Waals surface area contributed by atoms with Crippen molar-refractivity contribution in [2.45, 2.75) is 13.8 Å². The van der Waals surface area contributed by atoms with Crippen molar-refractivity contribution in [2.75, 3.05) is 19.8 Å². The molecule has 0 unspecified atom stereocenters. The number of cyclic esters (lactones) is 1. The molecule has 9 heteroatoms. The predicted molar refractivity (Wildman–Crippen MR) is 112 cm³/mol. The molecule has 0 amide bonds. The number of carbonyl (C=O) groups excluding carboxylic acids is 2. The van der Waals surface area contributed by atoms with E-state index >= 15 is 0 Å². The molecule has 7 nitrogen and oxygen atoms in total. The number of rotatable bonds is 8. The molecule has 2 aromatic rings. The molecule has 0 aliphatic carbocycles. The lowest BCUT2D eigenvalue weighted by Gasteiger charge is -2.14. The lowest BCUT2D eigenvalue weighted by Crippen LogP contribution is -2.15. The summed E-state index contributed by atoms with van der Waals surface area (Å²) in [4.78, 5) is 28.0. The van der Waals surface area contributed by atoms with Gasteiger partial charge in [0.25, 0.3) is 0 Å². The molecule has 0 atom stereocenters. The van der Waals surface area contributed by atoms with Gasteiger partial charge in [-0.15, -0.1) is 0 Å². The Balaban J connectivity index is 1.88. The SMILES string of the molecule is CCOC(=O)COc1c(Cl)cc(/C=C2\N=C(c3ccc(F)cc3)OC2=O)cc1OCC. The van der Waals surface area contributed by atoms with E-state index in [0.29, 0.717) is 23.5 Å². The Morgan fingerprint density at radius 1 is 1.16 bits per heavy atom. The van der Waals surface area contributed by atoms with Crippen molar-refractivity contribution in [3.8, 4) is 11.5 Å². The van der Waals surface area contributed by atoms with Crippen LogP contribution >= 0.6 is 11.6 Å². The first-order chi connectivity index (χ1) is 14.9. The molecule has 0 radical (unpaired) electrons. The second kappa shape index (κ2) is 10.1. The van der Waals surface area contributed by atoms with Gasteiger partial charge in [-0.3, -0.25) is 0 Å². The van der Waals surface area contributed by atoms with Gasteiger partial charge in [0.1, 0.15) is 5.82 Å². The molecule has 0 bridgehead atoms. The van der Waals surface area contributed by atoms with Crippen molar-refractivity contribution in [1.29, 1.82) is 0 Å². The third-order valence-electron chi connectivity index (χ3n) is 3.99. The standard InChI is InChI=1S/C22H19ClFNO6/c1-3-28-18-11-13(9-16(23)20(18)30-12-19(26)29-4-2)10-17-22(27)31-21(25-17)14-5-7-15(24)8-6-14/h5-11H,3-4,12H2,1-2H3/b17-10-. The predicted octanol–water partition coefficient (Wildman–Crippen LogP) is 4.16. The van der Waals surface area contributed by atoms with E-state index in [9.17, 15) is 14.0 Å². The number of hydrogen-bond acceptors (Lipinski definition) is 7. The van der Waals surface area contributed by atoms with Crippen LogP contribution in [0.3, 0.4) is 0 Å². The fraction of sp³-hybridized carbons (Fsp3) is 0.227. The van der Waals surface area contributed by atoms with Gasteiger partial charge in [-0.2, -0.15) is 0 Å². The van der Waals surface area contributed by atoms with Crippen LogP contribution in [0.25, 0.3) is 6.08 Å². The minimum Gasteiger partial charge on any atom is -0.490 e. The van der Waals surface area contributed by atoms with Crippen LogP contribution in [-0.4, -0.2) is 37.7 Å². The summed E-state index contributed by atoms with van der Waals surface area (Å²) < 4.78 is 34.1. The molecular weight excluding hydrogens is 429 g/mol. The van der Waals surface area contributed by atoms with Gasteiger partial charge in [0.05, 0.1) is 18.2 Å². The van der Waals surface area contributed by atoms with Crippen molar-refractivity contribution in [2.24, 2.45) is 4.99 Å². The van der Waals surface area contributed by atoms with Crippen molar-refractivity contribution in [3.05, 3.63) is 64.1 Å². The number of aliphatic imine (C=N–C) groups is 1. The van der Waals surface area contributed by atoms with Crippen LogP contribution in [0.5, 0.6) is 11.5 Å². The van der Waals surface area contributed by atoms with E-state index in [1.54, 1.807) is 19.9 Å². The molecule has 0 saturated heterocycles. The maximum Gasteiger partial charge on any atom is 0.363 e. The van der Waals surface area contributed by atoms with Gasteiger partial charge >= 0.3 is 11.9 Å². The minimum atomic E-state index is -0.656. The minimum absolute atomic E-state index is 0.0398. The second-order valence-corrected chi connectivity index (χ2v) is 6.61. The summed E-state index contributed by atoms with van der Waals surface area (Å²) in [5.74, 6) is -1.06.